The molecule has 1 aliphatic rings. The largest absolute Gasteiger partial charge is 0.369 e. The van der Waals surface area contributed by atoms with E-state index < -0.39 is 0 Å². The average Bonchev–Trinajstić information content (AvgIpc) is 3.03. The van der Waals surface area contributed by atoms with Crippen LogP contribution in [-0.2, 0) is 11.3 Å². The van der Waals surface area contributed by atoms with E-state index in [0.717, 1.165) is 36.7 Å². The minimum atomic E-state index is -0.187. The van der Waals surface area contributed by atoms with Crippen LogP contribution in [0.4, 0.5) is 0 Å². The van der Waals surface area contributed by atoms with Crippen molar-refractivity contribution in [3.8, 4) is 5.69 Å². The second kappa shape index (κ2) is 6.16. The molecule has 1 aliphatic heterocycles. The fourth-order valence-electron chi connectivity index (χ4n) is 3.51. The summed E-state index contributed by atoms with van der Waals surface area (Å²) in [6, 6.07) is 10.2. The van der Waals surface area contributed by atoms with Crippen LogP contribution >= 0.6 is 0 Å². The van der Waals surface area contributed by atoms with Crippen LogP contribution < -0.4 is 5.73 Å². The van der Waals surface area contributed by atoms with Gasteiger partial charge in [0.1, 0.15) is 0 Å². The van der Waals surface area contributed by atoms with Crippen LogP contribution in [0.1, 0.15) is 23.9 Å². The molecule has 5 nitrogen and oxygen atoms in total. The number of primary amides is 1. The third-order valence-electron chi connectivity index (χ3n) is 4.88. The third kappa shape index (κ3) is 3.01. The van der Waals surface area contributed by atoms with Crippen molar-refractivity contribution in [3.05, 3.63) is 47.3 Å². The molecule has 0 bridgehead atoms. The first-order valence-corrected chi connectivity index (χ1v) is 8.09. The summed E-state index contributed by atoms with van der Waals surface area (Å²) in [6.07, 6.45) is 0. The van der Waals surface area contributed by atoms with Gasteiger partial charge in [0, 0.05) is 30.9 Å². The van der Waals surface area contributed by atoms with Crippen molar-refractivity contribution < 1.29 is 4.79 Å². The summed E-state index contributed by atoms with van der Waals surface area (Å²) in [4.78, 5) is 13.8. The molecule has 1 saturated heterocycles. The summed E-state index contributed by atoms with van der Waals surface area (Å²) in [5.74, 6) is 0.0884. The van der Waals surface area contributed by atoms with Crippen molar-refractivity contribution in [2.75, 3.05) is 13.1 Å². The van der Waals surface area contributed by atoms with Gasteiger partial charge in [-0.15, -0.1) is 0 Å². The number of carbonyl (C=O) groups is 1. The molecule has 2 heterocycles. The molecular weight excluding hydrogens is 288 g/mol. The minimum Gasteiger partial charge on any atom is -0.369 e. The Bertz CT molecular complexity index is 707. The lowest BCUT2D eigenvalue weighted by Crippen LogP contribution is -2.29. The fourth-order valence-corrected chi connectivity index (χ4v) is 3.51. The molecule has 0 aliphatic carbocycles. The summed E-state index contributed by atoms with van der Waals surface area (Å²) < 4.78 is 2.00. The highest BCUT2D eigenvalue weighted by Gasteiger charge is 2.33. The minimum absolute atomic E-state index is 0.0419. The standard InChI is InChI=1S/C18H24N4O/c1-12-9-21(10-16(12)18(19)23)11-17-13(2)20-22(14(17)3)15-7-5-4-6-8-15/h4-8,12,16H,9-11H2,1-3H3,(H2,19,23)/t12-,16-/m1/s1. The monoisotopic (exact) mass is 312 g/mol. The number of benzene rings is 1. The molecular formula is C18H24N4O. The highest BCUT2D eigenvalue weighted by molar-refractivity contribution is 5.77. The van der Waals surface area contributed by atoms with Gasteiger partial charge in [0.25, 0.3) is 0 Å². The maximum absolute atomic E-state index is 11.5. The van der Waals surface area contributed by atoms with Crippen molar-refractivity contribution in [3.63, 3.8) is 0 Å². The SMILES string of the molecule is Cc1nn(-c2ccccc2)c(C)c1CN1C[C@@H](C)[C@H](C(N)=O)C1. The first-order chi connectivity index (χ1) is 11.0. The Morgan fingerprint density at radius 2 is 1.96 bits per heavy atom. The van der Waals surface area contributed by atoms with Gasteiger partial charge < -0.3 is 5.73 Å². The first-order valence-electron chi connectivity index (χ1n) is 8.09. The van der Waals surface area contributed by atoms with Crippen LogP contribution in [0.25, 0.3) is 5.69 Å². The number of likely N-dealkylation sites (tertiary alicyclic amines) is 1. The average molecular weight is 312 g/mol. The van der Waals surface area contributed by atoms with Gasteiger partial charge in [-0.1, -0.05) is 25.1 Å². The second-order valence-electron chi connectivity index (χ2n) is 6.58. The highest BCUT2D eigenvalue weighted by atomic mass is 16.1. The van der Waals surface area contributed by atoms with Gasteiger partial charge >= 0.3 is 0 Å². The van der Waals surface area contributed by atoms with Crippen molar-refractivity contribution in [2.45, 2.75) is 27.3 Å². The smallest absolute Gasteiger partial charge is 0.222 e. The number of hydrogen-bond donors (Lipinski definition) is 1. The van der Waals surface area contributed by atoms with Crippen LogP contribution in [0.2, 0.25) is 0 Å². The molecule has 3 rings (SSSR count). The summed E-state index contributed by atoms with van der Waals surface area (Å²) in [7, 11) is 0. The van der Waals surface area contributed by atoms with Crippen LogP contribution in [0.3, 0.4) is 0 Å². The molecule has 1 aromatic carbocycles. The van der Waals surface area contributed by atoms with Crippen LogP contribution in [0.5, 0.6) is 0 Å². The Balaban J connectivity index is 1.82. The number of carbonyl (C=O) groups excluding carboxylic acids is 1. The predicted octanol–water partition coefficient (Wildman–Crippen LogP) is 2.04. The molecule has 2 N–H and O–H groups in total. The number of aryl methyl sites for hydroxylation is 1. The first kappa shape index (κ1) is 15.7. The van der Waals surface area contributed by atoms with Crippen LogP contribution in [-0.4, -0.2) is 33.7 Å². The number of nitrogens with two attached hydrogens (primary N) is 1. The zero-order chi connectivity index (χ0) is 16.6. The van der Waals surface area contributed by atoms with E-state index in [2.05, 4.69) is 30.9 Å². The molecule has 1 amide bonds. The fraction of sp³-hybridized carbons (Fsp3) is 0.444. The van der Waals surface area contributed by atoms with E-state index >= 15 is 0 Å². The third-order valence-corrected chi connectivity index (χ3v) is 4.88. The maximum Gasteiger partial charge on any atom is 0.222 e. The molecule has 0 spiro atoms. The van der Waals surface area contributed by atoms with Crippen molar-refractivity contribution in [2.24, 2.45) is 17.6 Å². The van der Waals surface area contributed by atoms with E-state index in [9.17, 15) is 4.79 Å². The Morgan fingerprint density at radius 1 is 1.26 bits per heavy atom. The van der Waals surface area contributed by atoms with Crippen LogP contribution in [0, 0.1) is 25.7 Å². The predicted molar refractivity (Wildman–Crippen MR) is 90.2 cm³/mol. The lowest BCUT2D eigenvalue weighted by Gasteiger charge is -2.15. The Hall–Kier alpha value is -2.14. The van der Waals surface area contributed by atoms with Gasteiger partial charge in [0.05, 0.1) is 17.3 Å². The number of amides is 1. The summed E-state index contributed by atoms with van der Waals surface area (Å²) in [5.41, 5.74) is 10.0. The Kier molecular flexibility index (Phi) is 4.22. The summed E-state index contributed by atoms with van der Waals surface area (Å²) in [6.45, 7) is 8.72. The molecule has 1 aromatic heterocycles. The molecule has 1 fully saturated rings. The molecule has 2 atom stereocenters. The lowest BCUT2D eigenvalue weighted by atomic mass is 9.98. The maximum atomic E-state index is 11.5. The van der Waals surface area contributed by atoms with E-state index in [-0.39, 0.29) is 11.8 Å². The van der Waals surface area contributed by atoms with E-state index in [1.165, 1.54) is 5.56 Å². The van der Waals surface area contributed by atoms with Crippen molar-refractivity contribution in [1.29, 1.82) is 0 Å². The normalized spacial score (nSPS) is 21.7. The number of aromatic nitrogens is 2. The molecule has 5 heteroatoms. The van der Waals surface area contributed by atoms with Gasteiger partial charge in [-0.25, -0.2) is 4.68 Å². The molecule has 23 heavy (non-hydrogen) atoms. The molecule has 0 saturated carbocycles. The zero-order valence-electron chi connectivity index (χ0n) is 14.0. The summed E-state index contributed by atoms with van der Waals surface area (Å²) >= 11 is 0. The quantitative estimate of drug-likeness (QED) is 0.939. The Labute approximate surface area is 137 Å². The van der Waals surface area contributed by atoms with Crippen molar-refractivity contribution in [1.82, 2.24) is 14.7 Å². The van der Waals surface area contributed by atoms with E-state index in [1.54, 1.807) is 0 Å². The van der Waals surface area contributed by atoms with Crippen molar-refractivity contribution >= 4 is 5.91 Å². The topological polar surface area (TPSA) is 64.2 Å². The number of para-hydroxylation sites is 1. The van der Waals surface area contributed by atoms with E-state index in [0.29, 0.717) is 5.92 Å². The van der Waals surface area contributed by atoms with Crippen LogP contribution in [0.15, 0.2) is 30.3 Å². The second-order valence-corrected chi connectivity index (χ2v) is 6.58. The van der Waals surface area contributed by atoms with Gasteiger partial charge in [-0.2, -0.15) is 5.10 Å². The molecule has 2 aromatic rings. The summed E-state index contributed by atoms with van der Waals surface area (Å²) in [5, 5.41) is 4.69. The number of rotatable bonds is 4. The highest BCUT2D eigenvalue weighted by Crippen LogP contribution is 2.26. The number of nitrogens with zero attached hydrogens (tertiary/aromatic N) is 3. The van der Waals surface area contributed by atoms with Gasteiger partial charge in [-0.3, -0.25) is 9.69 Å². The van der Waals surface area contributed by atoms with E-state index in [4.69, 9.17) is 10.8 Å². The molecule has 0 radical (unpaired) electrons. The molecule has 0 unspecified atom stereocenters. The number of hydrogen-bond acceptors (Lipinski definition) is 3. The zero-order valence-corrected chi connectivity index (χ0v) is 14.0. The molecule has 122 valence electrons. The van der Waals surface area contributed by atoms with E-state index in [1.807, 2.05) is 29.8 Å². The van der Waals surface area contributed by atoms with Gasteiger partial charge in [-0.05, 0) is 31.9 Å². The van der Waals surface area contributed by atoms with Gasteiger partial charge in [0.15, 0.2) is 0 Å². The lowest BCUT2D eigenvalue weighted by molar-refractivity contribution is -0.122. The Morgan fingerprint density at radius 3 is 2.57 bits per heavy atom. The van der Waals surface area contributed by atoms with Gasteiger partial charge in [0.2, 0.25) is 5.91 Å².